The van der Waals surface area contributed by atoms with Gasteiger partial charge in [0.15, 0.2) is 0 Å². The highest BCUT2D eigenvalue weighted by atomic mass is 16.5. The van der Waals surface area contributed by atoms with Gasteiger partial charge in [0.05, 0.1) is 18.8 Å². The predicted octanol–water partition coefficient (Wildman–Crippen LogP) is 0.613. The summed E-state index contributed by atoms with van der Waals surface area (Å²) in [4.78, 5) is 52.5. The van der Waals surface area contributed by atoms with Gasteiger partial charge in [-0.25, -0.2) is 9.69 Å². The molecular formula is C18H21N3O5. The van der Waals surface area contributed by atoms with Crippen LogP contribution in [0.15, 0.2) is 30.3 Å². The third-order valence-corrected chi connectivity index (χ3v) is 4.38. The van der Waals surface area contributed by atoms with Crippen LogP contribution in [0.25, 0.3) is 0 Å². The van der Waals surface area contributed by atoms with Gasteiger partial charge in [-0.1, -0.05) is 30.3 Å². The fraction of sp³-hybridized carbons (Fsp3) is 0.444. The molecule has 1 aromatic carbocycles. The van der Waals surface area contributed by atoms with Gasteiger partial charge in [0.25, 0.3) is 0 Å². The summed E-state index contributed by atoms with van der Waals surface area (Å²) in [5.74, 6) is -2.24. The Morgan fingerprint density at radius 3 is 2.19 bits per heavy atom. The largest absolute Gasteiger partial charge is 0.372 e. The lowest BCUT2D eigenvalue weighted by Gasteiger charge is -2.35. The van der Waals surface area contributed by atoms with E-state index in [0.29, 0.717) is 13.1 Å². The number of ether oxygens (including phenoxy) is 1. The normalized spacial score (nSPS) is 23.8. The van der Waals surface area contributed by atoms with Crippen molar-refractivity contribution >= 4 is 23.8 Å². The standard InChI is InChI=1S/C18H21N3O5/c1-12-8-19(9-13(2)26-12)15(22)11-21-17(24)16(23)20(18(21)25)10-14-6-4-3-5-7-14/h3-7,12-13H,8-11H2,1-2H3/t12-,13-/m1/s1. The number of carbonyl (C=O) groups excluding carboxylic acids is 4. The van der Waals surface area contributed by atoms with Gasteiger partial charge in [-0.2, -0.15) is 0 Å². The Labute approximate surface area is 151 Å². The first-order valence-electron chi connectivity index (χ1n) is 8.51. The predicted molar refractivity (Wildman–Crippen MR) is 90.7 cm³/mol. The maximum absolute atomic E-state index is 12.5. The van der Waals surface area contributed by atoms with Crippen molar-refractivity contribution in [2.45, 2.75) is 32.6 Å². The van der Waals surface area contributed by atoms with Crippen molar-refractivity contribution in [3.05, 3.63) is 35.9 Å². The summed E-state index contributed by atoms with van der Waals surface area (Å²) in [6.07, 6.45) is -0.243. The molecule has 0 saturated carbocycles. The van der Waals surface area contributed by atoms with Crippen molar-refractivity contribution in [1.82, 2.24) is 14.7 Å². The van der Waals surface area contributed by atoms with Crippen LogP contribution in [0.2, 0.25) is 0 Å². The quantitative estimate of drug-likeness (QED) is 0.581. The molecule has 2 atom stereocenters. The van der Waals surface area contributed by atoms with Crippen molar-refractivity contribution < 1.29 is 23.9 Å². The van der Waals surface area contributed by atoms with Crippen LogP contribution < -0.4 is 0 Å². The Morgan fingerprint density at radius 1 is 1.00 bits per heavy atom. The smallest absolute Gasteiger partial charge is 0.335 e. The van der Waals surface area contributed by atoms with E-state index in [-0.39, 0.29) is 24.7 Å². The Balaban J connectivity index is 1.68. The average Bonchev–Trinajstić information content (AvgIpc) is 2.80. The van der Waals surface area contributed by atoms with Crippen LogP contribution >= 0.6 is 0 Å². The third kappa shape index (κ3) is 3.60. The summed E-state index contributed by atoms with van der Waals surface area (Å²) < 4.78 is 5.58. The number of morpholine rings is 1. The van der Waals surface area contributed by atoms with Crippen LogP contribution in [-0.2, 0) is 25.7 Å². The fourth-order valence-electron chi connectivity index (χ4n) is 3.21. The Morgan fingerprint density at radius 2 is 1.58 bits per heavy atom. The van der Waals surface area contributed by atoms with E-state index in [4.69, 9.17) is 4.74 Å². The van der Waals surface area contributed by atoms with E-state index in [1.54, 1.807) is 29.2 Å². The van der Waals surface area contributed by atoms with Gasteiger partial charge in [0.2, 0.25) is 5.91 Å². The number of urea groups is 1. The number of hydrogen-bond acceptors (Lipinski definition) is 5. The van der Waals surface area contributed by atoms with Crippen LogP contribution in [0.3, 0.4) is 0 Å². The van der Waals surface area contributed by atoms with Gasteiger partial charge < -0.3 is 9.64 Å². The molecule has 2 fully saturated rings. The minimum Gasteiger partial charge on any atom is -0.372 e. The number of rotatable bonds is 4. The van der Waals surface area contributed by atoms with E-state index in [1.165, 1.54) is 0 Å². The molecule has 2 aliphatic rings. The second-order valence-electron chi connectivity index (χ2n) is 6.61. The van der Waals surface area contributed by atoms with Crippen LogP contribution in [0, 0.1) is 0 Å². The van der Waals surface area contributed by atoms with Crippen LogP contribution in [0.1, 0.15) is 19.4 Å². The zero-order chi connectivity index (χ0) is 18.8. The first-order chi connectivity index (χ1) is 12.4. The SMILES string of the molecule is C[C@@H]1CN(C(=O)CN2C(=O)C(=O)N(Cc3ccccc3)C2=O)C[C@@H](C)O1. The highest BCUT2D eigenvalue weighted by molar-refractivity contribution is 6.44. The molecule has 0 N–H and O–H groups in total. The number of amides is 5. The number of benzene rings is 1. The summed E-state index contributed by atoms with van der Waals surface area (Å²) in [6, 6.07) is 8.14. The summed E-state index contributed by atoms with van der Waals surface area (Å²) in [5, 5.41) is 0. The maximum atomic E-state index is 12.5. The molecule has 0 aromatic heterocycles. The highest BCUT2D eigenvalue weighted by Crippen LogP contribution is 2.17. The summed E-state index contributed by atoms with van der Waals surface area (Å²) in [6.45, 7) is 4.05. The molecule has 0 radical (unpaired) electrons. The molecule has 3 rings (SSSR count). The Bertz CT molecular complexity index is 726. The lowest BCUT2D eigenvalue weighted by molar-refractivity contribution is -0.148. The van der Waals surface area contributed by atoms with Crippen molar-refractivity contribution in [2.24, 2.45) is 0 Å². The van der Waals surface area contributed by atoms with Gasteiger partial charge in [-0.3, -0.25) is 19.3 Å². The van der Waals surface area contributed by atoms with Crippen LogP contribution in [0.4, 0.5) is 4.79 Å². The molecule has 0 unspecified atom stereocenters. The molecule has 5 amide bonds. The summed E-state index contributed by atoms with van der Waals surface area (Å²) in [5.41, 5.74) is 0.728. The second kappa shape index (κ2) is 7.25. The van der Waals surface area contributed by atoms with Gasteiger partial charge in [0, 0.05) is 13.1 Å². The van der Waals surface area contributed by atoms with E-state index in [9.17, 15) is 19.2 Å². The first-order valence-corrected chi connectivity index (χ1v) is 8.51. The molecule has 0 spiro atoms. The van der Waals surface area contributed by atoms with Crippen molar-refractivity contribution in [3.63, 3.8) is 0 Å². The Hall–Kier alpha value is -2.74. The van der Waals surface area contributed by atoms with Gasteiger partial charge in [0.1, 0.15) is 6.54 Å². The number of nitrogens with zero attached hydrogens (tertiary/aromatic N) is 3. The monoisotopic (exact) mass is 359 g/mol. The zero-order valence-corrected chi connectivity index (χ0v) is 14.8. The topological polar surface area (TPSA) is 87.2 Å². The summed E-state index contributed by atoms with van der Waals surface area (Å²) in [7, 11) is 0. The number of carbonyl (C=O) groups is 4. The van der Waals surface area contributed by atoms with Crippen molar-refractivity contribution in [2.75, 3.05) is 19.6 Å². The fourth-order valence-corrected chi connectivity index (χ4v) is 3.21. The molecule has 2 heterocycles. The zero-order valence-electron chi connectivity index (χ0n) is 14.8. The highest BCUT2D eigenvalue weighted by Gasteiger charge is 2.45. The molecule has 0 aliphatic carbocycles. The van der Waals surface area contributed by atoms with Gasteiger partial charge in [-0.05, 0) is 19.4 Å². The number of imide groups is 2. The molecule has 8 heteroatoms. The molecule has 0 bridgehead atoms. The number of hydrogen-bond donors (Lipinski definition) is 0. The van der Waals surface area contributed by atoms with E-state index in [2.05, 4.69) is 0 Å². The lowest BCUT2D eigenvalue weighted by Crippen LogP contribution is -2.51. The molecule has 2 saturated heterocycles. The van der Waals surface area contributed by atoms with Crippen LogP contribution in [-0.4, -0.2) is 70.3 Å². The van der Waals surface area contributed by atoms with E-state index in [0.717, 1.165) is 15.4 Å². The molecule has 138 valence electrons. The van der Waals surface area contributed by atoms with E-state index < -0.39 is 24.4 Å². The molecule has 2 aliphatic heterocycles. The average molecular weight is 359 g/mol. The van der Waals surface area contributed by atoms with Crippen molar-refractivity contribution in [1.29, 1.82) is 0 Å². The van der Waals surface area contributed by atoms with Crippen LogP contribution in [0.5, 0.6) is 0 Å². The lowest BCUT2D eigenvalue weighted by atomic mass is 10.2. The third-order valence-electron chi connectivity index (χ3n) is 4.38. The molecule has 8 nitrogen and oxygen atoms in total. The summed E-state index contributed by atoms with van der Waals surface area (Å²) >= 11 is 0. The van der Waals surface area contributed by atoms with E-state index >= 15 is 0 Å². The van der Waals surface area contributed by atoms with Crippen molar-refractivity contribution in [3.8, 4) is 0 Å². The molecular weight excluding hydrogens is 338 g/mol. The van der Waals surface area contributed by atoms with Gasteiger partial charge >= 0.3 is 17.8 Å². The first kappa shape index (κ1) is 18.1. The Kier molecular flexibility index (Phi) is 5.03. The minimum absolute atomic E-state index is 0.000555. The molecule has 1 aromatic rings. The molecule has 26 heavy (non-hydrogen) atoms. The van der Waals surface area contributed by atoms with E-state index in [1.807, 2.05) is 19.9 Å². The second-order valence-corrected chi connectivity index (χ2v) is 6.61. The van der Waals surface area contributed by atoms with Gasteiger partial charge in [-0.15, -0.1) is 0 Å². The minimum atomic E-state index is -0.964. The maximum Gasteiger partial charge on any atom is 0.335 e.